The van der Waals surface area contributed by atoms with Crippen molar-refractivity contribution in [2.24, 2.45) is 11.1 Å². The molecule has 1 fully saturated rings. The molecule has 1 aliphatic heterocycles. The first kappa shape index (κ1) is 8.97. The summed E-state index contributed by atoms with van der Waals surface area (Å²) in [6.07, 6.45) is 2.42. The lowest BCUT2D eigenvalue weighted by Crippen LogP contribution is -2.47. The zero-order chi connectivity index (χ0) is 8.16. The van der Waals surface area contributed by atoms with Gasteiger partial charge in [-0.2, -0.15) is 0 Å². The van der Waals surface area contributed by atoms with Crippen LogP contribution in [0.4, 0.5) is 0 Å². The molecule has 0 aromatic rings. The third kappa shape index (κ3) is 2.15. The summed E-state index contributed by atoms with van der Waals surface area (Å²) in [5.74, 6) is 0. The number of ether oxygens (including phenoxy) is 1. The third-order valence-corrected chi connectivity index (χ3v) is 2.44. The normalized spacial score (nSPS) is 32.2. The Labute approximate surface area is 68.3 Å². The zero-order valence-corrected chi connectivity index (χ0v) is 7.23. The fourth-order valence-electron chi connectivity index (χ4n) is 1.69. The van der Waals surface area contributed by atoms with Crippen LogP contribution in [0.1, 0.15) is 12.8 Å². The van der Waals surface area contributed by atoms with Crippen molar-refractivity contribution in [1.29, 1.82) is 0 Å². The van der Waals surface area contributed by atoms with Crippen LogP contribution in [0.2, 0.25) is 0 Å². The molecule has 1 rings (SSSR count). The van der Waals surface area contributed by atoms with Crippen LogP contribution < -0.4 is 11.1 Å². The highest BCUT2D eigenvalue weighted by atomic mass is 16.5. The molecule has 1 unspecified atom stereocenters. The molecule has 1 heterocycles. The lowest BCUT2D eigenvalue weighted by Gasteiger charge is -2.35. The van der Waals surface area contributed by atoms with Gasteiger partial charge in [0.2, 0.25) is 0 Å². The van der Waals surface area contributed by atoms with Crippen LogP contribution in [0.15, 0.2) is 0 Å². The summed E-state index contributed by atoms with van der Waals surface area (Å²) in [6.45, 7) is 3.66. The van der Waals surface area contributed by atoms with E-state index in [0.717, 1.165) is 26.2 Å². The predicted octanol–water partition coefficient (Wildman–Crippen LogP) is -0.0387. The molecule has 3 heteroatoms. The van der Waals surface area contributed by atoms with E-state index in [0.29, 0.717) is 0 Å². The summed E-state index contributed by atoms with van der Waals surface area (Å²) in [5.41, 5.74) is 5.92. The van der Waals surface area contributed by atoms with Gasteiger partial charge in [-0.15, -0.1) is 0 Å². The molecule has 1 atom stereocenters. The van der Waals surface area contributed by atoms with Crippen molar-refractivity contribution >= 4 is 0 Å². The number of hydrogen-bond donors (Lipinski definition) is 2. The Morgan fingerprint density at radius 1 is 1.64 bits per heavy atom. The maximum Gasteiger partial charge on any atom is 0.0542 e. The lowest BCUT2D eigenvalue weighted by molar-refractivity contribution is 0.0649. The highest BCUT2D eigenvalue weighted by Crippen LogP contribution is 2.24. The SMILES string of the molecule is COCC1(CN)CCCNC1. The number of methoxy groups -OCH3 is 1. The van der Waals surface area contributed by atoms with E-state index in [-0.39, 0.29) is 5.41 Å². The quantitative estimate of drug-likeness (QED) is 0.606. The zero-order valence-electron chi connectivity index (χ0n) is 7.23. The number of nitrogens with one attached hydrogen (secondary N) is 1. The first-order valence-corrected chi connectivity index (χ1v) is 4.23. The van der Waals surface area contributed by atoms with Crippen LogP contribution in [0.5, 0.6) is 0 Å². The van der Waals surface area contributed by atoms with Gasteiger partial charge >= 0.3 is 0 Å². The van der Waals surface area contributed by atoms with Crippen molar-refractivity contribution in [2.45, 2.75) is 12.8 Å². The Balaban J connectivity index is 2.42. The van der Waals surface area contributed by atoms with Crippen LogP contribution in [0, 0.1) is 5.41 Å². The van der Waals surface area contributed by atoms with Crippen molar-refractivity contribution in [3.8, 4) is 0 Å². The summed E-state index contributed by atoms with van der Waals surface area (Å²) < 4.78 is 5.16. The van der Waals surface area contributed by atoms with Gasteiger partial charge in [0.1, 0.15) is 0 Å². The molecule has 66 valence electrons. The van der Waals surface area contributed by atoms with Gasteiger partial charge in [-0.25, -0.2) is 0 Å². The molecule has 0 aromatic carbocycles. The van der Waals surface area contributed by atoms with Crippen LogP contribution in [0.25, 0.3) is 0 Å². The highest BCUT2D eigenvalue weighted by Gasteiger charge is 2.30. The standard InChI is InChI=1S/C8H18N2O/c1-11-7-8(5-9)3-2-4-10-6-8/h10H,2-7,9H2,1H3. The largest absolute Gasteiger partial charge is 0.384 e. The van der Waals surface area contributed by atoms with E-state index in [1.807, 2.05) is 0 Å². The highest BCUT2D eigenvalue weighted by molar-refractivity contribution is 4.85. The number of piperidine rings is 1. The minimum absolute atomic E-state index is 0.215. The van der Waals surface area contributed by atoms with Gasteiger partial charge in [-0.3, -0.25) is 0 Å². The van der Waals surface area contributed by atoms with Crippen molar-refractivity contribution in [1.82, 2.24) is 5.32 Å². The maximum absolute atomic E-state index is 5.70. The van der Waals surface area contributed by atoms with E-state index in [1.165, 1.54) is 12.8 Å². The molecule has 0 spiro atoms. The van der Waals surface area contributed by atoms with Gasteiger partial charge in [-0.1, -0.05) is 0 Å². The maximum atomic E-state index is 5.70. The monoisotopic (exact) mass is 158 g/mol. The molecule has 3 nitrogen and oxygen atoms in total. The average Bonchev–Trinajstić information content (AvgIpc) is 2.07. The molecule has 1 saturated heterocycles. The Bertz CT molecular complexity index is 105. The van der Waals surface area contributed by atoms with E-state index in [9.17, 15) is 0 Å². The second-order valence-electron chi connectivity index (χ2n) is 3.42. The second-order valence-corrected chi connectivity index (χ2v) is 3.42. The summed E-state index contributed by atoms with van der Waals surface area (Å²) >= 11 is 0. The summed E-state index contributed by atoms with van der Waals surface area (Å²) in [7, 11) is 1.74. The molecule has 0 saturated carbocycles. The van der Waals surface area contributed by atoms with Crippen LogP contribution in [0.3, 0.4) is 0 Å². The minimum Gasteiger partial charge on any atom is -0.384 e. The molecule has 0 aromatic heterocycles. The molecular formula is C8H18N2O. The van der Waals surface area contributed by atoms with Crippen molar-refractivity contribution in [2.75, 3.05) is 33.4 Å². The molecule has 0 radical (unpaired) electrons. The van der Waals surface area contributed by atoms with E-state index < -0.39 is 0 Å². The van der Waals surface area contributed by atoms with Gasteiger partial charge in [0, 0.05) is 25.6 Å². The van der Waals surface area contributed by atoms with Crippen molar-refractivity contribution < 1.29 is 4.74 Å². The van der Waals surface area contributed by atoms with E-state index in [1.54, 1.807) is 7.11 Å². The first-order valence-electron chi connectivity index (χ1n) is 4.23. The number of rotatable bonds is 3. The predicted molar refractivity (Wildman–Crippen MR) is 45.5 cm³/mol. The Morgan fingerprint density at radius 2 is 2.45 bits per heavy atom. The average molecular weight is 158 g/mol. The Hall–Kier alpha value is -0.120. The summed E-state index contributed by atoms with van der Waals surface area (Å²) in [6, 6.07) is 0. The molecule has 1 aliphatic rings. The minimum atomic E-state index is 0.215. The lowest BCUT2D eigenvalue weighted by atomic mass is 9.82. The molecule has 0 aliphatic carbocycles. The first-order chi connectivity index (χ1) is 5.33. The van der Waals surface area contributed by atoms with Gasteiger partial charge in [0.25, 0.3) is 0 Å². The fourth-order valence-corrected chi connectivity index (χ4v) is 1.69. The van der Waals surface area contributed by atoms with E-state index >= 15 is 0 Å². The molecule has 11 heavy (non-hydrogen) atoms. The third-order valence-electron chi connectivity index (χ3n) is 2.44. The number of hydrogen-bond acceptors (Lipinski definition) is 3. The van der Waals surface area contributed by atoms with Crippen molar-refractivity contribution in [3.63, 3.8) is 0 Å². The summed E-state index contributed by atoms with van der Waals surface area (Å²) in [4.78, 5) is 0. The van der Waals surface area contributed by atoms with E-state index in [2.05, 4.69) is 5.32 Å². The second kappa shape index (κ2) is 4.04. The Kier molecular flexibility index (Phi) is 3.30. The summed E-state index contributed by atoms with van der Waals surface area (Å²) in [5, 5.41) is 3.35. The van der Waals surface area contributed by atoms with Gasteiger partial charge in [0.05, 0.1) is 6.61 Å². The smallest absolute Gasteiger partial charge is 0.0542 e. The van der Waals surface area contributed by atoms with Gasteiger partial charge in [0.15, 0.2) is 0 Å². The molecule has 3 N–H and O–H groups in total. The molecular weight excluding hydrogens is 140 g/mol. The van der Waals surface area contributed by atoms with Crippen molar-refractivity contribution in [3.05, 3.63) is 0 Å². The molecule has 0 bridgehead atoms. The number of nitrogens with two attached hydrogens (primary N) is 1. The fraction of sp³-hybridized carbons (Fsp3) is 1.00. The Morgan fingerprint density at radius 3 is 2.91 bits per heavy atom. The van der Waals surface area contributed by atoms with E-state index in [4.69, 9.17) is 10.5 Å². The van der Waals surface area contributed by atoms with Crippen LogP contribution in [-0.4, -0.2) is 33.4 Å². The van der Waals surface area contributed by atoms with Crippen LogP contribution in [-0.2, 0) is 4.74 Å². The van der Waals surface area contributed by atoms with Crippen LogP contribution >= 0.6 is 0 Å². The molecule has 0 amide bonds. The van der Waals surface area contributed by atoms with Gasteiger partial charge in [-0.05, 0) is 19.4 Å². The van der Waals surface area contributed by atoms with Gasteiger partial charge < -0.3 is 15.8 Å². The topological polar surface area (TPSA) is 47.3 Å².